The predicted molar refractivity (Wildman–Crippen MR) is 84.2 cm³/mol. The molecule has 0 aliphatic carbocycles. The van der Waals surface area contributed by atoms with Crippen LogP contribution < -0.4 is 4.74 Å². The Labute approximate surface area is 122 Å². The van der Waals surface area contributed by atoms with Gasteiger partial charge < -0.3 is 14.4 Å². The maximum absolute atomic E-state index is 10.3. The van der Waals surface area contributed by atoms with Crippen LogP contribution in [-0.4, -0.2) is 21.8 Å². The molecule has 0 fully saturated rings. The molecule has 0 bridgehead atoms. The highest BCUT2D eigenvalue weighted by atomic mass is 16.5. The molecule has 4 nitrogen and oxygen atoms in total. The number of rotatable bonds is 3. The average Bonchev–Trinajstić information content (AvgIpc) is 2.84. The zero-order chi connectivity index (χ0) is 14.8. The summed E-state index contributed by atoms with van der Waals surface area (Å²) >= 11 is 0. The molecule has 0 unspecified atom stereocenters. The minimum atomic E-state index is 0.177. The lowest BCUT2D eigenvalue weighted by atomic mass is 10.1. The molecule has 2 aromatic carbocycles. The van der Waals surface area contributed by atoms with Crippen LogP contribution in [0.4, 0.5) is 0 Å². The number of hydrogen-bond donors (Lipinski definition) is 1. The number of imidazole rings is 1. The molecule has 0 atom stereocenters. The van der Waals surface area contributed by atoms with Crippen molar-refractivity contribution in [2.24, 2.45) is 7.05 Å². The Balaban J connectivity index is 2.00. The number of nitrogens with zero attached hydrogens (tertiary/aromatic N) is 2. The van der Waals surface area contributed by atoms with Crippen LogP contribution in [0.2, 0.25) is 0 Å². The first kappa shape index (κ1) is 13.2. The minimum absolute atomic E-state index is 0.177. The summed E-state index contributed by atoms with van der Waals surface area (Å²) in [6.07, 6.45) is 1.67. The van der Waals surface area contributed by atoms with E-state index < -0.39 is 0 Å². The highest BCUT2D eigenvalue weighted by Crippen LogP contribution is 2.21. The van der Waals surface area contributed by atoms with E-state index in [1.165, 1.54) is 0 Å². The number of aryl methyl sites for hydroxylation is 1. The van der Waals surface area contributed by atoms with Gasteiger partial charge in [-0.05, 0) is 36.4 Å². The van der Waals surface area contributed by atoms with E-state index in [0.29, 0.717) is 5.82 Å². The van der Waals surface area contributed by atoms with E-state index in [1.54, 1.807) is 13.2 Å². The molecule has 0 spiro atoms. The monoisotopic (exact) mass is 280 g/mol. The third kappa shape index (κ3) is 2.48. The summed E-state index contributed by atoms with van der Waals surface area (Å²) in [5, 5.41) is 10.3. The molecule has 1 aromatic heterocycles. The zero-order valence-electron chi connectivity index (χ0n) is 11.9. The van der Waals surface area contributed by atoms with Crippen molar-refractivity contribution >= 4 is 22.9 Å². The van der Waals surface area contributed by atoms with Gasteiger partial charge in [0.25, 0.3) is 0 Å². The lowest BCUT2D eigenvalue weighted by Crippen LogP contribution is -1.93. The fraction of sp³-hybridized carbons (Fsp3) is 0.118. The summed E-state index contributed by atoms with van der Waals surface area (Å²) in [5.41, 5.74) is 2.67. The Morgan fingerprint density at radius 1 is 1.14 bits per heavy atom. The van der Waals surface area contributed by atoms with E-state index >= 15 is 0 Å². The first-order valence-corrected chi connectivity index (χ1v) is 6.65. The van der Waals surface area contributed by atoms with Gasteiger partial charge in [-0.25, -0.2) is 4.98 Å². The number of aromatic nitrogens is 2. The van der Waals surface area contributed by atoms with Crippen LogP contribution in [0.15, 0.2) is 48.5 Å². The summed E-state index contributed by atoms with van der Waals surface area (Å²) in [6.45, 7) is 0. The van der Waals surface area contributed by atoms with Crippen LogP contribution >= 0.6 is 0 Å². The number of methoxy groups -OCH3 is 1. The largest absolute Gasteiger partial charge is 0.507 e. The zero-order valence-corrected chi connectivity index (χ0v) is 11.9. The van der Waals surface area contributed by atoms with Crippen LogP contribution in [0.3, 0.4) is 0 Å². The number of para-hydroxylation sites is 2. The van der Waals surface area contributed by atoms with Crippen molar-refractivity contribution in [2.75, 3.05) is 7.11 Å². The molecule has 1 heterocycles. The summed E-state index contributed by atoms with van der Waals surface area (Å²) < 4.78 is 7.06. The average molecular weight is 280 g/mol. The smallest absolute Gasteiger partial charge is 0.137 e. The maximum atomic E-state index is 10.3. The quantitative estimate of drug-likeness (QED) is 0.745. The van der Waals surface area contributed by atoms with Crippen molar-refractivity contribution < 1.29 is 9.84 Å². The number of aliphatic hydroxyl groups excluding tert-OH is 1. The Hall–Kier alpha value is -2.75. The molecule has 0 aliphatic heterocycles. The summed E-state index contributed by atoms with van der Waals surface area (Å²) in [5.74, 6) is 1.65. The van der Waals surface area contributed by atoms with Gasteiger partial charge in [0.2, 0.25) is 0 Å². The lowest BCUT2D eigenvalue weighted by molar-refractivity contribution is 0.414. The molecular weight excluding hydrogens is 264 g/mol. The van der Waals surface area contributed by atoms with Crippen molar-refractivity contribution in [1.29, 1.82) is 0 Å². The fourth-order valence-electron chi connectivity index (χ4n) is 2.26. The van der Waals surface area contributed by atoms with Crippen LogP contribution in [0, 0.1) is 0 Å². The number of hydrogen-bond acceptors (Lipinski definition) is 3. The number of benzene rings is 2. The molecule has 3 rings (SSSR count). The van der Waals surface area contributed by atoms with E-state index in [4.69, 9.17) is 4.74 Å². The molecule has 1 N–H and O–H groups in total. The number of fused-ring (bicyclic) bond motifs is 1. The Bertz CT molecular complexity index is 801. The second-order valence-electron chi connectivity index (χ2n) is 4.78. The first-order chi connectivity index (χ1) is 10.2. The molecule has 3 aromatic rings. The van der Waals surface area contributed by atoms with Crippen LogP contribution in [-0.2, 0) is 7.05 Å². The SMILES string of the molecule is COc1ccc(/C(O)=C/c2nc3ccccc3n2C)cc1. The molecule has 21 heavy (non-hydrogen) atoms. The Morgan fingerprint density at radius 2 is 1.86 bits per heavy atom. The number of aliphatic hydroxyl groups is 1. The molecule has 106 valence electrons. The van der Waals surface area contributed by atoms with E-state index in [9.17, 15) is 5.11 Å². The van der Waals surface area contributed by atoms with Gasteiger partial charge in [-0.15, -0.1) is 0 Å². The van der Waals surface area contributed by atoms with Gasteiger partial charge in [0.05, 0.1) is 18.1 Å². The van der Waals surface area contributed by atoms with Gasteiger partial charge in [-0.2, -0.15) is 0 Å². The third-order valence-corrected chi connectivity index (χ3v) is 3.47. The first-order valence-electron chi connectivity index (χ1n) is 6.65. The molecule has 0 radical (unpaired) electrons. The summed E-state index contributed by atoms with van der Waals surface area (Å²) in [4.78, 5) is 4.51. The van der Waals surface area contributed by atoms with Gasteiger partial charge >= 0.3 is 0 Å². The third-order valence-electron chi connectivity index (χ3n) is 3.47. The molecule has 0 saturated carbocycles. The molecule has 0 saturated heterocycles. The van der Waals surface area contributed by atoms with Crippen LogP contribution in [0.25, 0.3) is 22.9 Å². The van der Waals surface area contributed by atoms with E-state index in [-0.39, 0.29) is 5.76 Å². The normalized spacial score (nSPS) is 11.8. The van der Waals surface area contributed by atoms with Crippen molar-refractivity contribution in [2.45, 2.75) is 0 Å². The van der Waals surface area contributed by atoms with E-state index in [1.807, 2.05) is 60.1 Å². The standard InChI is InChI=1S/C17H16N2O2/c1-19-15-6-4-3-5-14(15)18-17(19)11-16(20)12-7-9-13(21-2)10-8-12/h3-11,20H,1-2H3/b16-11-. The molecule has 0 aliphatic rings. The maximum Gasteiger partial charge on any atom is 0.137 e. The molecular formula is C17H16N2O2. The molecule has 0 amide bonds. The van der Waals surface area contributed by atoms with Gasteiger partial charge in [0.1, 0.15) is 17.3 Å². The predicted octanol–water partition coefficient (Wildman–Crippen LogP) is 3.64. The minimum Gasteiger partial charge on any atom is -0.507 e. The highest BCUT2D eigenvalue weighted by Gasteiger charge is 2.07. The van der Waals surface area contributed by atoms with E-state index in [0.717, 1.165) is 22.3 Å². The highest BCUT2D eigenvalue weighted by molar-refractivity contribution is 5.81. The lowest BCUT2D eigenvalue weighted by Gasteiger charge is -2.03. The van der Waals surface area contributed by atoms with Crippen LogP contribution in [0.1, 0.15) is 11.4 Å². The van der Waals surface area contributed by atoms with Crippen molar-refractivity contribution in [3.63, 3.8) is 0 Å². The van der Waals surface area contributed by atoms with Gasteiger partial charge in [0, 0.05) is 18.7 Å². The van der Waals surface area contributed by atoms with Crippen molar-refractivity contribution in [3.8, 4) is 5.75 Å². The summed E-state index contributed by atoms with van der Waals surface area (Å²) in [7, 11) is 3.55. The second kappa shape index (κ2) is 5.32. The van der Waals surface area contributed by atoms with E-state index in [2.05, 4.69) is 4.98 Å². The fourth-order valence-corrected chi connectivity index (χ4v) is 2.26. The van der Waals surface area contributed by atoms with Crippen molar-refractivity contribution in [1.82, 2.24) is 9.55 Å². The van der Waals surface area contributed by atoms with Crippen molar-refractivity contribution in [3.05, 3.63) is 59.9 Å². The molecule has 4 heteroatoms. The van der Waals surface area contributed by atoms with Crippen LogP contribution in [0.5, 0.6) is 5.75 Å². The summed E-state index contributed by atoms with van der Waals surface area (Å²) in [6, 6.07) is 15.1. The van der Waals surface area contributed by atoms with Gasteiger partial charge in [0.15, 0.2) is 0 Å². The second-order valence-corrected chi connectivity index (χ2v) is 4.78. The Kier molecular flexibility index (Phi) is 3.36. The van der Waals surface area contributed by atoms with Gasteiger partial charge in [-0.1, -0.05) is 12.1 Å². The Morgan fingerprint density at radius 3 is 2.52 bits per heavy atom. The topological polar surface area (TPSA) is 47.3 Å². The number of ether oxygens (including phenoxy) is 1. The van der Waals surface area contributed by atoms with Gasteiger partial charge in [-0.3, -0.25) is 0 Å².